The monoisotopic (exact) mass is 207 g/mol. The zero-order valence-corrected chi connectivity index (χ0v) is 7.75. The second-order valence-corrected chi connectivity index (χ2v) is 2.80. The van der Waals surface area contributed by atoms with Gasteiger partial charge in [0, 0.05) is 0 Å². The van der Waals surface area contributed by atoms with Gasteiger partial charge in [0.15, 0.2) is 6.10 Å². The molecule has 1 atom stereocenters. The lowest BCUT2D eigenvalue weighted by Crippen LogP contribution is -2.26. The van der Waals surface area contributed by atoms with Crippen LogP contribution in [0.5, 0.6) is 5.75 Å². The number of aliphatic carboxylic acids is 1. The first-order valence-corrected chi connectivity index (χ1v) is 4.17. The predicted octanol–water partition coefficient (Wildman–Crippen LogP) is 0.383. The van der Waals surface area contributed by atoms with Crippen LogP contribution in [0, 0.1) is 11.3 Å². The van der Waals surface area contributed by atoms with Gasteiger partial charge in [0.25, 0.3) is 0 Å². The quantitative estimate of drug-likeness (QED) is 0.744. The number of hydrogen-bond acceptors (Lipinski definition) is 4. The number of carboxylic acid groups (broad SMARTS) is 1. The number of rotatable bonds is 4. The van der Waals surface area contributed by atoms with Crippen molar-refractivity contribution < 1.29 is 19.7 Å². The zero-order valence-electron chi connectivity index (χ0n) is 7.75. The second-order valence-electron chi connectivity index (χ2n) is 2.80. The Morgan fingerprint density at radius 1 is 1.47 bits per heavy atom. The number of hydrogen-bond donors (Lipinski definition) is 2. The van der Waals surface area contributed by atoms with E-state index in [1.165, 1.54) is 12.1 Å². The molecule has 1 aromatic carbocycles. The number of carbonyl (C=O) groups is 1. The van der Waals surface area contributed by atoms with Crippen LogP contribution in [0.3, 0.4) is 0 Å². The Bertz CT molecular complexity index is 379. The van der Waals surface area contributed by atoms with Crippen LogP contribution < -0.4 is 4.74 Å². The Hall–Kier alpha value is -2.06. The molecule has 78 valence electrons. The number of nitrogens with zero attached hydrogens (tertiary/aromatic N) is 1. The molecule has 0 aromatic heterocycles. The summed E-state index contributed by atoms with van der Waals surface area (Å²) in [5.41, 5.74) is 0.487. The van der Waals surface area contributed by atoms with E-state index in [-0.39, 0.29) is 6.61 Å². The minimum atomic E-state index is -1.54. The van der Waals surface area contributed by atoms with E-state index < -0.39 is 12.1 Å². The van der Waals surface area contributed by atoms with Crippen LogP contribution >= 0.6 is 0 Å². The van der Waals surface area contributed by atoms with Crippen molar-refractivity contribution in [1.29, 1.82) is 5.26 Å². The molecule has 0 aliphatic carbocycles. The molecule has 0 saturated heterocycles. The third kappa shape index (κ3) is 3.29. The van der Waals surface area contributed by atoms with Gasteiger partial charge in [-0.2, -0.15) is 5.26 Å². The van der Waals surface area contributed by atoms with Gasteiger partial charge in [0.1, 0.15) is 12.4 Å². The largest absolute Gasteiger partial charge is 0.490 e. The Kier molecular flexibility index (Phi) is 3.66. The highest BCUT2D eigenvalue weighted by Crippen LogP contribution is 2.11. The number of nitriles is 1. The molecule has 1 unspecified atom stereocenters. The standard InChI is InChI=1S/C10H9NO4/c11-5-7-1-3-8(4-2-7)15-6-9(12)10(13)14/h1-4,9,12H,6H2,(H,13,14). The predicted molar refractivity (Wildman–Crippen MR) is 50.3 cm³/mol. The van der Waals surface area contributed by atoms with Crippen molar-refractivity contribution in [2.45, 2.75) is 6.10 Å². The van der Waals surface area contributed by atoms with Gasteiger partial charge in [-0.15, -0.1) is 0 Å². The highest BCUT2D eigenvalue weighted by atomic mass is 16.5. The molecule has 0 heterocycles. The summed E-state index contributed by atoms with van der Waals surface area (Å²) in [6.07, 6.45) is -1.54. The average Bonchev–Trinajstić information content (AvgIpc) is 2.26. The molecular formula is C10H9NO4. The van der Waals surface area contributed by atoms with Crippen LogP contribution in [-0.2, 0) is 4.79 Å². The minimum Gasteiger partial charge on any atom is -0.490 e. The zero-order chi connectivity index (χ0) is 11.3. The van der Waals surface area contributed by atoms with Crippen LogP contribution in [0.1, 0.15) is 5.56 Å². The Morgan fingerprint density at radius 2 is 2.07 bits per heavy atom. The van der Waals surface area contributed by atoms with Gasteiger partial charge in [-0.1, -0.05) is 0 Å². The first kappa shape index (κ1) is 11.0. The molecule has 0 aliphatic rings. The van der Waals surface area contributed by atoms with Crippen LogP contribution in [0.15, 0.2) is 24.3 Å². The minimum absolute atomic E-state index is 0.318. The van der Waals surface area contributed by atoms with E-state index in [9.17, 15) is 4.79 Å². The van der Waals surface area contributed by atoms with Crippen molar-refractivity contribution in [2.24, 2.45) is 0 Å². The van der Waals surface area contributed by atoms with Crippen LogP contribution in [0.25, 0.3) is 0 Å². The van der Waals surface area contributed by atoms with Crippen LogP contribution in [-0.4, -0.2) is 28.9 Å². The maximum Gasteiger partial charge on any atom is 0.336 e. The molecule has 1 rings (SSSR count). The normalized spacial score (nSPS) is 11.5. The highest BCUT2D eigenvalue weighted by molar-refractivity contribution is 5.72. The summed E-state index contributed by atoms with van der Waals surface area (Å²) in [5.74, 6) is -0.919. The Balaban J connectivity index is 2.52. The topological polar surface area (TPSA) is 90.5 Å². The lowest BCUT2D eigenvalue weighted by molar-refractivity contribution is -0.148. The van der Waals surface area contributed by atoms with Crippen LogP contribution in [0.2, 0.25) is 0 Å². The van der Waals surface area contributed by atoms with Gasteiger partial charge < -0.3 is 14.9 Å². The molecule has 2 N–H and O–H groups in total. The fourth-order valence-electron chi connectivity index (χ4n) is 0.872. The van der Waals surface area contributed by atoms with Gasteiger partial charge in [-0.25, -0.2) is 4.79 Å². The number of aliphatic hydroxyl groups is 1. The van der Waals surface area contributed by atoms with Gasteiger partial charge in [-0.3, -0.25) is 0 Å². The van der Waals surface area contributed by atoms with E-state index in [1.807, 2.05) is 6.07 Å². The summed E-state index contributed by atoms with van der Waals surface area (Å²) < 4.78 is 4.99. The van der Waals surface area contributed by atoms with E-state index in [0.29, 0.717) is 11.3 Å². The SMILES string of the molecule is N#Cc1ccc(OCC(O)C(=O)O)cc1. The summed E-state index contributed by atoms with van der Waals surface area (Å²) >= 11 is 0. The molecule has 0 amide bonds. The lowest BCUT2D eigenvalue weighted by atomic mass is 10.2. The van der Waals surface area contributed by atoms with Gasteiger partial charge in [0.2, 0.25) is 0 Å². The molecule has 5 heteroatoms. The molecule has 0 bridgehead atoms. The fourth-order valence-corrected chi connectivity index (χ4v) is 0.872. The van der Waals surface area contributed by atoms with Gasteiger partial charge >= 0.3 is 5.97 Å². The van der Waals surface area contributed by atoms with E-state index in [0.717, 1.165) is 0 Å². The van der Waals surface area contributed by atoms with Crippen molar-refractivity contribution in [2.75, 3.05) is 6.61 Å². The first-order valence-electron chi connectivity index (χ1n) is 4.17. The van der Waals surface area contributed by atoms with Gasteiger partial charge in [-0.05, 0) is 24.3 Å². The lowest BCUT2D eigenvalue weighted by Gasteiger charge is -2.08. The third-order valence-electron chi connectivity index (χ3n) is 1.68. The first-order chi connectivity index (χ1) is 7.13. The number of benzene rings is 1. The summed E-state index contributed by atoms with van der Waals surface area (Å²) in [7, 11) is 0. The molecular weight excluding hydrogens is 198 g/mol. The maximum absolute atomic E-state index is 10.2. The van der Waals surface area contributed by atoms with E-state index in [4.69, 9.17) is 20.2 Å². The molecule has 0 spiro atoms. The van der Waals surface area contributed by atoms with Crippen LogP contribution in [0.4, 0.5) is 0 Å². The van der Waals surface area contributed by atoms with E-state index >= 15 is 0 Å². The Labute approximate surface area is 86.1 Å². The molecule has 5 nitrogen and oxygen atoms in total. The number of aliphatic hydroxyl groups excluding tert-OH is 1. The third-order valence-corrected chi connectivity index (χ3v) is 1.68. The molecule has 15 heavy (non-hydrogen) atoms. The van der Waals surface area contributed by atoms with Crippen molar-refractivity contribution in [3.05, 3.63) is 29.8 Å². The second kappa shape index (κ2) is 4.98. The molecule has 0 aliphatic heterocycles. The maximum atomic E-state index is 10.2. The van der Waals surface area contributed by atoms with E-state index in [1.54, 1.807) is 12.1 Å². The smallest absolute Gasteiger partial charge is 0.336 e. The number of carboxylic acids is 1. The highest BCUT2D eigenvalue weighted by Gasteiger charge is 2.13. The summed E-state index contributed by atoms with van der Waals surface area (Å²) in [6.45, 7) is -0.318. The molecule has 0 radical (unpaired) electrons. The van der Waals surface area contributed by atoms with Crippen molar-refractivity contribution >= 4 is 5.97 Å². The summed E-state index contributed by atoms with van der Waals surface area (Å²) in [6, 6.07) is 8.10. The van der Waals surface area contributed by atoms with Gasteiger partial charge in [0.05, 0.1) is 11.6 Å². The summed E-state index contributed by atoms with van der Waals surface area (Å²) in [4.78, 5) is 10.2. The molecule has 0 fully saturated rings. The van der Waals surface area contributed by atoms with E-state index in [2.05, 4.69) is 0 Å². The molecule has 0 saturated carbocycles. The number of ether oxygens (including phenoxy) is 1. The fraction of sp³-hybridized carbons (Fsp3) is 0.200. The average molecular weight is 207 g/mol. The summed E-state index contributed by atoms with van der Waals surface area (Å²) in [5, 5.41) is 25.8. The van der Waals surface area contributed by atoms with Crippen molar-refractivity contribution in [1.82, 2.24) is 0 Å². The van der Waals surface area contributed by atoms with Crippen molar-refractivity contribution in [3.8, 4) is 11.8 Å². The Morgan fingerprint density at radius 3 is 2.53 bits per heavy atom. The molecule has 1 aromatic rings. The van der Waals surface area contributed by atoms with Crippen molar-refractivity contribution in [3.63, 3.8) is 0 Å².